The van der Waals surface area contributed by atoms with Crippen LogP contribution < -0.4 is 5.32 Å². The lowest BCUT2D eigenvalue weighted by molar-refractivity contribution is 0.0601. The van der Waals surface area contributed by atoms with Gasteiger partial charge in [-0.3, -0.25) is 9.59 Å². The summed E-state index contributed by atoms with van der Waals surface area (Å²) in [5.74, 6) is -1.04. The first kappa shape index (κ1) is 22.6. The van der Waals surface area contributed by atoms with Gasteiger partial charge in [0.1, 0.15) is 5.00 Å². The van der Waals surface area contributed by atoms with E-state index in [1.807, 2.05) is 26.8 Å². The van der Waals surface area contributed by atoms with E-state index >= 15 is 0 Å². The fourth-order valence-electron chi connectivity index (χ4n) is 3.11. The number of nitrogens with one attached hydrogen (secondary N) is 1. The molecule has 6 nitrogen and oxygen atoms in total. The summed E-state index contributed by atoms with van der Waals surface area (Å²) >= 11 is 1.12. The largest absolute Gasteiger partial charge is 0.465 e. The van der Waals surface area contributed by atoms with Crippen molar-refractivity contribution in [1.82, 2.24) is 4.90 Å². The zero-order chi connectivity index (χ0) is 21.6. The number of thiophene rings is 1. The van der Waals surface area contributed by atoms with Crippen LogP contribution in [0.15, 0.2) is 24.3 Å². The van der Waals surface area contributed by atoms with Gasteiger partial charge in [-0.15, -0.1) is 11.3 Å². The Hall–Kier alpha value is -2.67. The Morgan fingerprint density at radius 1 is 1.10 bits per heavy atom. The summed E-state index contributed by atoms with van der Waals surface area (Å²) in [6, 6.07) is 7.17. The average Bonchev–Trinajstić information content (AvgIpc) is 3.02. The fraction of sp³-hybridized carbons (Fsp3) is 0.409. The van der Waals surface area contributed by atoms with E-state index in [4.69, 9.17) is 4.74 Å². The number of nitrogens with zero attached hydrogens (tertiary/aromatic N) is 1. The molecule has 0 aliphatic heterocycles. The lowest BCUT2D eigenvalue weighted by Crippen LogP contribution is -2.32. The summed E-state index contributed by atoms with van der Waals surface area (Å²) in [7, 11) is 1.29. The molecule has 0 saturated carbocycles. The summed E-state index contributed by atoms with van der Waals surface area (Å²) in [5.41, 5.74) is 2.20. The molecule has 2 rings (SSSR count). The van der Waals surface area contributed by atoms with Crippen molar-refractivity contribution in [2.75, 3.05) is 25.5 Å². The molecule has 0 fully saturated rings. The van der Waals surface area contributed by atoms with Gasteiger partial charge in [0.05, 0.1) is 17.6 Å². The molecule has 2 amide bonds. The summed E-state index contributed by atoms with van der Waals surface area (Å²) in [6.07, 6.45) is 1.69. The maximum absolute atomic E-state index is 13.1. The van der Waals surface area contributed by atoms with Gasteiger partial charge in [0.15, 0.2) is 0 Å². The van der Waals surface area contributed by atoms with E-state index in [1.165, 1.54) is 7.11 Å². The number of carbonyl (C=O) groups is 3. The first-order valence-electron chi connectivity index (χ1n) is 9.72. The van der Waals surface area contributed by atoms with Crippen molar-refractivity contribution in [2.45, 2.75) is 40.5 Å². The Bertz CT molecular complexity index is 898. The predicted octanol–water partition coefficient (Wildman–Crippen LogP) is 4.67. The van der Waals surface area contributed by atoms with E-state index in [0.29, 0.717) is 34.1 Å². The third kappa shape index (κ3) is 5.23. The van der Waals surface area contributed by atoms with Crippen LogP contribution in [0.2, 0.25) is 0 Å². The molecule has 0 saturated heterocycles. The molecule has 7 heteroatoms. The Morgan fingerprint density at radius 3 is 2.31 bits per heavy atom. The molecule has 0 unspecified atom stereocenters. The minimum absolute atomic E-state index is 0.127. The van der Waals surface area contributed by atoms with Crippen LogP contribution in [-0.4, -0.2) is 42.9 Å². The number of anilines is 1. The molecule has 2 aromatic rings. The number of ether oxygens (including phenoxy) is 1. The molecule has 0 aliphatic carbocycles. The van der Waals surface area contributed by atoms with Crippen molar-refractivity contribution >= 4 is 34.1 Å². The van der Waals surface area contributed by atoms with Crippen LogP contribution in [0.4, 0.5) is 5.00 Å². The van der Waals surface area contributed by atoms with Gasteiger partial charge >= 0.3 is 5.97 Å². The van der Waals surface area contributed by atoms with Crippen molar-refractivity contribution in [3.63, 3.8) is 0 Å². The molecule has 156 valence electrons. The second kappa shape index (κ2) is 10.2. The second-order valence-electron chi connectivity index (χ2n) is 6.87. The zero-order valence-corrected chi connectivity index (χ0v) is 18.4. The third-order valence-electron chi connectivity index (χ3n) is 4.51. The highest BCUT2D eigenvalue weighted by atomic mass is 32.1. The number of aryl methyl sites for hydroxylation is 1. The Kier molecular flexibility index (Phi) is 7.96. The zero-order valence-electron chi connectivity index (χ0n) is 17.6. The van der Waals surface area contributed by atoms with Crippen LogP contribution in [0.25, 0.3) is 0 Å². The van der Waals surface area contributed by atoms with Gasteiger partial charge in [-0.05, 0) is 44.4 Å². The topological polar surface area (TPSA) is 75.7 Å². The molecule has 0 radical (unpaired) electrons. The molecule has 1 aromatic carbocycles. The number of esters is 1. The van der Waals surface area contributed by atoms with Gasteiger partial charge in [0.2, 0.25) is 0 Å². The van der Waals surface area contributed by atoms with Crippen molar-refractivity contribution in [3.05, 3.63) is 51.4 Å². The number of hydrogen-bond donors (Lipinski definition) is 1. The normalized spacial score (nSPS) is 10.5. The summed E-state index contributed by atoms with van der Waals surface area (Å²) in [6.45, 7) is 8.94. The molecule has 1 aromatic heterocycles. The standard InChI is InChI=1S/C22H28N2O4S/c1-6-11-24(12-7-2)21(26)18-15(4)17(22(27)28-5)20(29-18)23-19(25)16-10-8-9-14(3)13-16/h8-10,13H,6-7,11-12H2,1-5H3,(H,23,25). The molecular formula is C22H28N2O4S. The van der Waals surface area contributed by atoms with Crippen molar-refractivity contribution in [2.24, 2.45) is 0 Å². The van der Waals surface area contributed by atoms with Gasteiger partial charge in [-0.25, -0.2) is 4.79 Å². The predicted molar refractivity (Wildman–Crippen MR) is 116 cm³/mol. The molecule has 29 heavy (non-hydrogen) atoms. The van der Waals surface area contributed by atoms with Crippen LogP contribution in [0, 0.1) is 13.8 Å². The van der Waals surface area contributed by atoms with Crippen molar-refractivity contribution in [1.29, 1.82) is 0 Å². The Morgan fingerprint density at radius 2 is 1.76 bits per heavy atom. The lowest BCUT2D eigenvalue weighted by Gasteiger charge is -2.21. The molecule has 0 atom stereocenters. The van der Waals surface area contributed by atoms with Crippen molar-refractivity contribution in [3.8, 4) is 0 Å². The van der Waals surface area contributed by atoms with E-state index in [9.17, 15) is 14.4 Å². The quantitative estimate of drug-likeness (QED) is 0.635. The summed E-state index contributed by atoms with van der Waals surface area (Å²) in [4.78, 5) is 40.4. The van der Waals surface area contributed by atoms with Gasteiger partial charge in [0.25, 0.3) is 11.8 Å². The fourth-order valence-corrected chi connectivity index (χ4v) is 4.27. The summed E-state index contributed by atoms with van der Waals surface area (Å²) < 4.78 is 4.90. The SMILES string of the molecule is CCCN(CCC)C(=O)c1sc(NC(=O)c2cccc(C)c2)c(C(=O)OC)c1C. The van der Waals surface area contributed by atoms with E-state index in [-0.39, 0.29) is 17.4 Å². The third-order valence-corrected chi connectivity index (χ3v) is 5.71. The number of carbonyl (C=O) groups excluding carboxylic acids is 3. The van der Waals surface area contributed by atoms with E-state index in [1.54, 1.807) is 30.0 Å². The summed E-state index contributed by atoms with van der Waals surface area (Å²) in [5, 5.41) is 3.13. The van der Waals surface area contributed by atoms with Crippen LogP contribution in [0.3, 0.4) is 0 Å². The lowest BCUT2D eigenvalue weighted by atomic mass is 10.1. The van der Waals surface area contributed by atoms with E-state index in [0.717, 1.165) is 29.7 Å². The minimum Gasteiger partial charge on any atom is -0.465 e. The van der Waals surface area contributed by atoms with E-state index in [2.05, 4.69) is 5.32 Å². The minimum atomic E-state index is -0.574. The Labute approximate surface area is 175 Å². The highest BCUT2D eigenvalue weighted by Crippen LogP contribution is 2.35. The highest BCUT2D eigenvalue weighted by Gasteiger charge is 2.28. The monoisotopic (exact) mass is 416 g/mol. The number of hydrogen-bond acceptors (Lipinski definition) is 5. The second-order valence-corrected chi connectivity index (χ2v) is 7.89. The van der Waals surface area contributed by atoms with E-state index < -0.39 is 5.97 Å². The maximum Gasteiger partial charge on any atom is 0.341 e. The van der Waals surface area contributed by atoms with Gasteiger partial charge in [-0.2, -0.15) is 0 Å². The highest BCUT2D eigenvalue weighted by molar-refractivity contribution is 7.18. The van der Waals surface area contributed by atoms with Crippen LogP contribution in [0.1, 0.15) is 68.2 Å². The number of benzene rings is 1. The molecular weight excluding hydrogens is 388 g/mol. The maximum atomic E-state index is 13.1. The first-order chi connectivity index (χ1) is 13.8. The van der Waals surface area contributed by atoms with Crippen LogP contribution in [0.5, 0.6) is 0 Å². The smallest absolute Gasteiger partial charge is 0.341 e. The van der Waals surface area contributed by atoms with Gasteiger partial charge < -0.3 is 15.0 Å². The first-order valence-corrected chi connectivity index (χ1v) is 10.5. The molecule has 0 bridgehead atoms. The van der Waals surface area contributed by atoms with Crippen LogP contribution >= 0.6 is 11.3 Å². The number of methoxy groups -OCH3 is 1. The van der Waals surface area contributed by atoms with Gasteiger partial charge in [0, 0.05) is 18.7 Å². The van der Waals surface area contributed by atoms with Gasteiger partial charge in [-0.1, -0.05) is 31.5 Å². The number of amides is 2. The molecule has 0 spiro atoms. The Balaban J connectivity index is 2.44. The molecule has 1 N–H and O–H groups in total. The van der Waals surface area contributed by atoms with Crippen molar-refractivity contribution < 1.29 is 19.1 Å². The average molecular weight is 417 g/mol. The molecule has 1 heterocycles. The number of rotatable bonds is 8. The molecule has 0 aliphatic rings. The van der Waals surface area contributed by atoms with Crippen LogP contribution in [-0.2, 0) is 4.74 Å².